The number of amides is 1. The molecule has 0 aliphatic heterocycles. The lowest BCUT2D eigenvalue weighted by Gasteiger charge is -2.12. The molecule has 0 aromatic heterocycles. The Labute approximate surface area is 137 Å². The third-order valence-electron chi connectivity index (χ3n) is 2.46. The molecule has 6 nitrogen and oxygen atoms in total. The fourth-order valence-electron chi connectivity index (χ4n) is 1.50. The number of methoxy groups -OCH3 is 1. The van der Waals surface area contributed by atoms with Crippen molar-refractivity contribution in [2.45, 2.75) is 18.2 Å². The zero-order chi connectivity index (χ0) is 16.0. The van der Waals surface area contributed by atoms with Gasteiger partial charge in [-0.05, 0) is 34.5 Å². The molecule has 0 saturated carbocycles. The first-order chi connectivity index (χ1) is 9.81. The lowest BCUT2D eigenvalue weighted by molar-refractivity contribution is -0.119. The van der Waals surface area contributed by atoms with Crippen LogP contribution in [0, 0.1) is 0 Å². The van der Waals surface area contributed by atoms with Crippen molar-refractivity contribution in [2.75, 3.05) is 20.2 Å². The fraction of sp³-hybridized carbons (Fsp3) is 0.417. The normalized spacial score (nSPS) is 11.2. The SMILES string of the molecule is CCCNC(=O)CNS(=O)(=O)c1cc(Cl)cc(Br)c1OC. The van der Waals surface area contributed by atoms with E-state index in [2.05, 4.69) is 26.0 Å². The Hall–Kier alpha value is -0.830. The van der Waals surface area contributed by atoms with Crippen molar-refractivity contribution in [3.8, 4) is 5.75 Å². The van der Waals surface area contributed by atoms with E-state index in [9.17, 15) is 13.2 Å². The Kier molecular flexibility index (Phi) is 6.92. The zero-order valence-corrected chi connectivity index (χ0v) is 14.7. The van der Waals surface area contributed by atoms with Crippen LogP contribution in [0.25, 0.3) is 0 Å². The van der Waals surface area contributed by atoms with E-state index in [1.165, 1.54) is 19.2 Å². The zero-order valence-electron chi connectivity index (χ0n) is 11.6. The molecule has 0 radical (unpaired) electrons. The maximum absolute atomic E-state index is 12.2. The summed E-state index contributed by atoms with van der Waals surface area (Å²) in [5.74, 6) is -0.277. The van der Waals surface area contributed by atoms with Gasteiger partial charge in [0.15, 0.2) is 5.75 Å². The molecule has 1 rings (SSSR count). The lowest BCUT2D eigenvalue weighted by atomic mass is 10.3. The number of rotatable bonds is 7. The summed E-state index contributed by atoms with van der Waals surface area (Å²) < 4.78 is 32.2. The molecule has 0 spiro atoms. The van der Waals surface area contributed by atoms with Crippen molar-refractivity contribution < 1.29 is 17.9 Å². The second kappa shape index (κ2) is 7.98. The van der Waals surface area contributed by atoms with E-state index in [1.807, 2.05) is 6.92 Å². The Morgan fingerprint density at radius 2 is 2.10 bits per heavy atom. The standard InChI is InChI=1S/C12H16BrClN2O4S/c1-3-4-15-11(17)7-16-21(18,19)10-6-8(14)5-9(13)12(10)20-2/h5-6,16H,3-4,7H2,1-2H3,(H,15,17). The maximum Gasteiger partial charge on any atom is 0.244 e. The Morgan fingerprint density at radius 3 is 2.67 bits per heavy atom. The summed E-state index contributed by atoms with van der Waals surface area (Å²) in [7, 11) is -2.57. The molecule has 0 atom stereocenters. The van der Waals surface area contributed by atoms with Crippen molar-refractivity contribution in [1.82, 2.24) is 10.0 Å². The summed E-state index contributed by atoms with van der Waals surface area (Å²) in [6.07, 6.45) is 0.771. The first kappa shape index (κ1) is 18.2. The number of benzene rings is 1. The van der Waals surface area contributed by atoms with Gasteiger partial charge < -0.3 is 10.1 Å². The number of ether oxygens (including phenoxy) is 1. The molecule has 0 heterocycles. The molecule has 0 bridgehead atoms. The van der Waals surface area contributed by atoms with Gasteiger partial charge in [-0.15, -0.1) is 0 Å². The van der Waals surface area contributed by atoms with Crippen LogP contribution in [0.5, 0.6) is 5.75 Å². The molecule has 118 valence electrons. The summed E-state index contributed by atoms with van der Waals surface area (Å²) in [5, 5.41) is 2.81. The van der Waals surface area contributed by atoms with E-state index >= 15 is 0 Å². The molecule has 0 unspecified atom stereocenters. The van der Waals surface area contributed by atoms with Gasteiger partial charge >= 0.3 is 0 Å². The van der Waals surface area contributed by atoms with Crippen LogP contribution in [0.1, 0.15) is 13.3 Å². The molecule has 0 aliphatic rings. The minimum atomic E-state index is -3.92. The fourth-order valence-corrected chi connectivity index (χ4v) is 3.86. The van der Waals surface area contributed by atoms with Crippen molar-refractivity contribution in [3.05, 3.63) is 21.6 Å². The highest BCUT2D eigenvalue weighted by molar-refractivity contribution is 9.10. The Morgan fingerprint density at radius 1 is 1.43 bits per heavy atom. The molecule has 1 aromatic rings. The predicted molar refractivity (Wildman–Crippen MR) is 84.2 cm³/mol. The average Bonchev–Trinajstić information content (AvgIpc) is 2.42. The maximum atomic E-state index is 12.2. The highest BCUT2D eigenvalue weighted by Crippen LogP contribution is 2.35. The molecule has 9 heteroatoms. The van der Waals surface area contributed by atoms with E-state index in [0.29, 0.717) is 11.0 Å². The van der Waals surface area contributed by atoms with Gasteiger partial charge in [-0.25, -0.2) is 13.1 Å². The van der Waals surface area contributed by atoms with Gasteiger partial charge in [0.2, 0.25) is 15.9 Å². The predicted octanol–water partition coefficient (Wildman–Crippen LogP) is 1.92. The van der Waals surface area contributed by atoms with Crippen LogP contribution in [0.15, 0.2) is 21.5 Å². The van der Waals surface area contributed by atoms with Gasteiger partial charge in [-0.1, -0.05) is 18.5 Å². The van der Waals surface area contributed by atoms with Crippen LogP contribution in [-0.4, -0.2) is 34.5 Å². The summed E-state index contributed by atoms with van der Waals surface area (Å²) in [5.41, 5.74) is 0. The Balaban J connectivity index is 2.95. The van der Waals surface area contributed by atoms with Crippen molar-refractivity contribution in [2.24, 2.45) is 0 Å². The Bertz CT molecular complexity index is 622. The molecule has 0 fully saturated rings. The molecule has 2 N–H and O–H groups in total. The summed E-state index contributed by atoms with van der Waals surface area (Å²) >= 11 is 9.04. The highest BCUT2D eigenvalue weighted by Gasteiger charge is 2.23. The number of nitrogens with one attached hydrogen (secondary N) is 2. The number of halogens is 2. The van der Waals surface area contributed by atoms with Gasteiger partial charge in [0.05, 0.1) is 18.1 Å². The smallest absolute Gasteiger partial charge is 0.244 e. The number of hydrogen-bond acceptors (Lipinski definition) is 4. The first-order valence-electron chi connectivity index (χ1n) is 6.11. The second-order valence-electron chi connectivity index (χ2n) is 4.09. The number of hydrogen-bond donors (Lipinski definition) is 2. The first-order valence-corrected chi connectivity index (χ1v) is 8.76. The third kappa shape index (κ3) is 5.14. The van der Waals surface area contributed by atoms with Crippen molar-refractivity contribution in [3.63, 3.8) is 0 Å². The van der Waals surface area contributed by atoms with Gasteiger partial charge in [-0.3, -0.25) is 4.79 Å². The monoisotopic (exact) mass is 398 g/mol. The summed E-state index contributed by atoms with van der Waals surface area (Å²) in [6, 6.07) is 2.78. The third-order valence-corrected chi connectivity index (χ3v) is 4.68. The highest BCUT2D eigenvalue weighted by atomic mass is 79.9. The van der Waals surface area contributed by atoms with E-state index < -0.39 is 15.9 Å². The van der Waals surface area contributed by atoms with Crippen LogP contribution in [-0.2, 0) is 14.8 Å². The molecule has 0 aliphatic carbocycles. The minimum Gasteiger partial charge on any atom is -0.494 e. The van der Waals surface area contributed by atoms with E-state index in [1.54, 1.807) is 0 Å². The summed E-state index contributed by atoms with van der Waals surface area (Å²) in [4.78, 5) is 11.3. The van der Waals surface area contributed by atoms with Gasteiger partial charge in [0.1, 0.15) is 4.90 Å². The topological polar surface area (TPSA) is 84.5 Å². The van der Waals surface area contributed by atoms with Crippen LogP contribution in [0.4, 0.5) is 0 Å². The largest absolute Gasteiger partial charge is 0.494 e. The van der Waals surface area contributed by atoms with Crippen LogP contribution < -0.4 is 14.8 Å². The number of carbonyl (C=O) groups is 1. The van der Waals surface area contributed by atoms with Gasteiger partial charge in [0.25, 0.3) is 0 Å². The minimum absolute atomic E-state index is 0.126. The summed E-state index contributed by atoms with van der Waals surface area (Å²) in [6.45, 7) is 2.04. The van der Waals surface area contributed by atoms with Gasteiger partial charge in [-0.2, -0.15) is 0 Å². The molecular formula is C12H16BrClN2O4S. The average molecular weight is 400 g/mol. The lowest BCUT2D eigenvalue weighted by Crippen LogP contribution is -2.37. The van der Waals surface area contributed by atoms with E-state index in [4.69, 9.17) is 16.3 Å². The van der Waals surface area contributed by atoms with E-state index in [0.717, 1.165) is 6.42 Å². The molecule has 0 saturated heterocycles. The van der Waals surface area contributed by atoms with Crippen LogP contribution >= 0.6 is 27.5 Å². The quantitative estimate of drug-likeness (QED) is 0.733. The van der Waals surface area contributed by atoms with Gasteiger partial charge in [0, 0.05) is 11.6 Å². The van der Waals surface area contributed by atoms with Crippen LogP contribution in [0.2, 0.25) is 5.02 Å². The molecular weight excluding hydrogens is 384 g/mol. The molecule has 21 heavy (non-hydrogen) atoms. The van der Waals surface area contributed by atoms with Crippen molar-refractivity contribution in [1.29, 1.82) is 0 Å². The number of sulfonamides is 1. The second-order valence-corrected chi connectivity index (χ2v) is 7.12. The molecule has 1 amide bonds. The number of carbonyl (C=O) groups excluding carboxylic acids is 1. The van der Waals surface area contributed by atoms with Crippen molar-refractivity contribution >= 4 is 43.5 Å². The molecule has 1 aromatic carbocycles. The van der Waals surface area contributed by atoms with E-state index in [-0.39, 0.29) is 22.2 Å². The van der Waals surface area contributed by atoms with Crippen LogP contribution in [0.3, 0.4) is 0 Å².